The fourth-order valence-electron chi connectivity index (χ4n) is 2.48. The fraction of sp³-hybridized carbons (Fsp3) is 0.111. The Bertz CT molecular complexity index is 960. The topological polar surface area (TPSA) is 37.4 Å². The van der Waals surface area contributed by atoms with Crippen molar-refractivity contribution >= 4 is 52.2 Å². The molecule has 0 atom stereocenters. The molecule has 2 aromatic carbocycles. The van der Waals surface area contributed by atoms with Crippen molar-refractivity contribution in [1.82, 2.24) is 4.90 Å². The fourth-order valence-corrected chi connectivity index (χ4v) is 3.63. The first-order valence-electron chi connectivity index (χ1n) is 7.52. The highest BCUT2D eigenvalue weighted by molar-refractivity contribution is 8.18. The molecule has 0 bridgehead atoms. The summed E-state index contributed by atoms with van der Waals surface area (Å²) in [6, 6.07) is 9.53. The number of thioether (sulfide) groups is 1. The van der Waals surface area contributed by atoms with E-state index in [1.165, 1.54) is 30.3 Å². The van der Waals surface area contributed by atoms with E-state index in [9.17, 15) is 22.8 Å². The van der Waals surface area contributed by atoms with Gasteiger partial charge >= 0.3 is 6.18 Å². The molecule has 140 valence electrons. The quantitative estimate of drug-likeness (QED) is 0.539. The SMILES string of the molecule is O=C1S/C(=C\c2ccccc2C(F)(F)F)C(=O)N1Cc1ccc(Cl)c(Cl)c1. The lowest BCUT2D eigenvalue weighted by atomic mass is 10.1. The highest BCUT2D eigenvalue weighted by Crippen LogP contribution is 2.37. The summed E-state index contributed by atoms with van der Waals surface area (Å²) in [5.41, 5.74) is -0.477. The minimum atomic E-state index is -4.57. The maximum absolute atomic E-state index is 13.1. The molecule has 1 heterocycles. The molecule has 0 N–H and O–H groups in total. The van der Waals surface area contributed by atoms with E-state index >= 15 is 0 Å². The molecule has 1 aliphatic heterocycles. The molecule has 0 unspecified atom stereocenters. The predicted octanol–water partition coefficient (Wildman–Crippen LogP) is 6.25. The van der Waals surface area contributed by atoms with Crippen LogP contribution in [0.1, 0.15) is 16.7 Å². The van der Waals surface area contributed by atoms with Crippen LogP contribution >= 0.6 is 35.0 Å². The molecular formula is C18H10Cl2F3NO2S. The number of rotatable bonds is 3. The summed E-state index contributed by atoms with van der Waals surface area (Å²) in [4.78, 5) is 25.6. The van der Waals surface area contributed by atoms with Crippen molar-refractivity contribution in [2.45, 2.75) is 12.7 Å². The van der Waals surface area contributed by atoms with Crippen LogP contribution < -0.4 is 0 Å². The van der Waals surface area contributed by atoms with Gasteiger partial charge in [-0.1, -0.05) is 47.5 Å². The second-order valence-electron chi connectivity index (χ2n) is 5.60. The Morgan fingerprint density at radius 2 is 1.74 bits per heavy atom. The normalized spacial score (nSPS) is 16.5. The van der Waals surface area contributed by atoms with E-state index in [1.807, 2.05) is 0 Å². The zero-order valence-corrected chi connectivity index (χ0v) is 15.7. The Balaban J connectivity index is 1.88. The van der Waals surface area contributed by atoms with Crippen molar-refractivity contribution in [3.05, 3.63) is 74.1 Å². The molecule has 0 radical (unpaired) electrons. The lowest BCUT2D eigenvalue weighted by Gasteiger charge is -2.13. The van der Waals surface area contributed by atoms with Crippen LogP contribution in [0, 0.1) is 0 Å². The summed E-state index contributed by atoms with van der Waals surface area (Å²) in [5.74, 6) is -0.659. The summed E-state index contributed by atoms with van der Waals surface area (Å²) in [7, 11) is 0. The monoisotopic (exact) mass is 431 g/mol. The second kappa shape index (κ2) is 7.58. The number of nitrogens with zero attached hydrogens (tertiary/aromatic N) is 1. The van der Waals surface area contributed by atoms with Gasteiger partial charge in [-0.2, -0.15) is 13.2 Å². The summed E-state index contributed by atoms with van der Waals surface area (Å²) in [5, 5.41) is 0.0378. The molecule has 1 fully saturated rings. The van der Waals surface area contributed by atoms with Crippen LogP contribution in [0.2, 0.25) is 10.0 Å². The minimum Gasteiger partial charge on any atom is -0.268 e. The van der Waals surface area contributed by atoms with Crippen LogP contribution in [0.4, 0.5) is 18.0 Å². The highest BCUT2D eigenvalue weighted by atomic mass is 35.5. The van der Waals surface area contributed by atoms with Gasteiger partial charge in [0.25, 0.3) is 11.1 Å². The Kier molecular flexibility index (Phi) is 5.55. The van der Waals surface area contributed by atoms with E-state index in [2.05, 4.69) is 0 Å². The first-order valence-corrected chi connectivity index (χ1v) is 9.09. The van der Waals surface area contributed by atoms with Gasteiger partial charge < -0.3 is 0 Å². The number of carbonyl (C=O) groups excluding carboxylic acids is 2. The lowest BCUT2D eigenvalue weighted by molar-refractivity contribution is -0.137. The zero-order chi connectivity index (χ0) is 19.8. The molecule has 2 amide bonds. The molecule has 3 nitrogen and oxygen atoms in total. The van der Waals surface area contributed by atoms with E-state index in [4.69, 9.17) is 23.2 Å². The number of amides is 2. The van der Waals surface area contributed by atoms with Gasteiger partial charge in [0.2, 0.25) is 0 Å². The van der Waals surface area contributed by atoms with Gasteiger partial charge in [0.05, 0.1) is 27.1 Å². The maximum Gasteiger partial charge on any atom is 0.416 e. The van der Waals surface area contributed by atoms with Gasteiger partial charge in [-0.25, -0.2) is 0 Å². The third-order valence-electron chi connectivity index (χ3n) is 3.75. The first kappa shape index (κ1) is 19.8. The van der Waals surface area contributed by atoms with Gasteiger partial charge in [-0.15, -0.1) is 0 Å². The van der Waals surface area contributed by atoms with E-state index in [0.29, 0.717) is 22.3 Å². The predicted molar refractivity (Wildman–Crippen MR) is 99.4 cm³/mol. The lowest BCUT2D eigenvalue weighted by Crippen LogP contribution is -2.27. The Labute approximate surface area is 166 Å². The van der Waals surface area contributed by atoms with Crippen LogP contribution in [-0.4, -0.2) is 16.0 Å². The van der Waals surface area contributed by atoms with Gasteiger partial charge in [-0.3, -0.25) is 14.5 Å². The summed E-state index contributed by atoms with van der Waals surface area (Å²) in [6.45, 7) is -0.0557. The van der Waals surface area contributed by atoms with E-state index in [1.54, 1.807) is 6.07 Å². The van der Waals surface area contributed by atoms with Gasteiger partial charge in [-0.05, 0) is 47.2 Å². The number of hydrogen-bond donors (Lipinski definition) is 0. The second-order valence-corrected chi connectivity index (χ2v) is 7.41. The third kappa shape index (κ3) is 4.31. The molecule has 3 rings (SSSR count). The molecule has 0 aromatic heterocycles. The summed E-state index contributed by atoms with van der Waals surface area (Å²) < 4.78 is 39.3. The van der Waals surface area contributed by atoms with E-state index in [0.717, 1.165) is 17.0 Å². The highest BCUT2D eigenvalue weighted by Gasteiger charge is 2.37. The number of imide groups is 1. The number of alkyl halides is 3. The van der Waals surface area contributed by atoms with Crippen LogP contribution in [0.3, 0.4) is 0 Å². The molecule has 1 saturated heterocycles. The van der Waals surface area contributed by atoms with Gasteiger partial charge in [0.15, 0.2) is 0 Å². The van der Waals surface area contributed by atoms with E-state index in [-0.39, 0.29) is 22.0 Å². The Morgan fingerprint density at radius 1 is 1.04 bits per heavy atom. The molecule has 0 saturated carbocycles. The third-order valence-corrected chi connectivity index (χ3v) is 5.40. The molecular weight excluding hydrogens is 422 g/mol. The van der Waals surface area contributed by atoms with Crippen molar-refractivity contribution in [2.24, 2.45) is 0 Å². The Morgan fingerprint density at radius 3 is 2.41 bits per heavy atom. The average molecular weight is 432 g/mol. The number of benzene rings is 2. The maximum atomic E-state index is 13.1. The largest absolute Gasteiger partial charge is 0.416 e. The smallest absolute Gasteiger partial charge is 0.268 e. The molecule has 27 heavy (non-hydrogen) atoms. The van der Waals surface area contributed by atoms with Crippen LogP contribution in [0.15, 0.2) is 47.4 Å². The van der Waals surface area contributed by atoms with Crippen LogP contribution in [0.5, 0.6) is 0 Å². The van der Waals surface area contributed by atoms with Crippen molar-refractivity contribution in [2.75, 3.05) is 0 Å². The van der Waals surface area contributed by atoms with Gasteiger partial charge in [0.1, 0.15) is 0 Å². The number of hydrogen-bond acceptors (Lipinski definition) is 3. The number of carbonyl (C=O) groups is 2. The summed E-state index contributed by atoms with van der Waals surface area (Å²) >= 11 is 12.4. The number of halogens is 5. The van der Waals surface area contributed by atoms with E-state index < -0.39 is 22.9 Å². The van der Waals surface area contributed by atoms with Crippen molar-refractivity contribution in [3.8, 4) is 0 Å². The zero-order valence-electron chi connectivity index (χ0n) is 13.4. The molecule has 1 aliphatic rings. The standard InChI is InChI=1S/C18H10Cl2F3NO2S/c19-13-6-5-10(7-14(13)20)9-24-16(25)15(27-17(24)26)8-11-3-1-2-4-12(11)18(21,22)23/h1-8H,9H2/b15-8-. The van der Waals surface area contributed by atoms with Crippen LogP contribution in [-0.2, 0) is 17.5 Å². The van der Waals surface area contributed by atoms with Crippen molar-refractivity contribution in [3.63, 3.8) is 0 Å². The van der Waals surface area contributed by atoms with Gasteiger partial charge in [0, 0.05) is 0 Å². The molecule has 2 aromatic rings. The summed E-state index contributed by atoms with van der Waals surface area (Å²) in [6.07, 6.45) is -3.48. The first-order chi connectivity index (χ1) is 12.7. The average Bonchev–Trinajstić information content (AvgIpc) is 2.85. The molecule has 9 heteroatoms. The van der Waals surface area contributed by atoms with Crippen molar-refractivity contribution < 1.29 is 22.8 Å². The van der Waals surface area contributed by atoms with Crippen LogP contribution in [0.25, 0.3) is 6.08 Å². The molecule has 0 aliphatic carbocycles. The Hall–Kier alpha value is -1.96. The van der Waals surface area contributed by atoms with Crippen molar-refractivity contribution in [1.29, 1.82) is 0 Å². The minimum absolute atomic E-state index is 0.0557. The molecule has 0 spiro atoms.